The van der Waals surface area contributed by atoms with Gasteiger partial charge in [0.05, 0.1) is 5.69 Å². The Bertz CT molecular complexity index is 679. The van der Waals surface area contributed by atoms with Crippen LogP contribution in [0.15, 0.2) is 30.3 Å². The van der Waals surface area contributed by atoms with Gasteiger partial charge < -0.3 is 5.32 Å². The van der Waals surface area contributed by atoms with E-state index in [1.54, 1.807) is 17.8 Å². The maximum atomic E-state index is 11.9. The molecule has 0 aliphatic carbocycles. The minimum atomic E-state index is -0.202. The van der Waals surface area contributed by atoms with Crippen molar-refractivity contribution in [3.05, 3.63) is 50.3 Å². The highest BCUT2D eigenvalue weighted by Gasteiger charge is 2.08. The number of anilines is 1. The Morgan fingerprint density at radius 3 is 2.85 bits per heavy atom. The number of amides is 1. The number of hydrogen-bond donors (Lipinski definition) is 1. The first-order valence-electron chi connectivity index (χ1n) is 5.91. The van der Waals surface area contributed by atoms with E-state index in [4.69, 9.17) is 11.6 Å². The zero-order valence-electron chi connectivity index (χ0n) is 11.0. The van der Waals surface area contributed by atoms with Crippen LogP contribution in [0.3, 0.4) is 0 Å². The lowest BCUT2D eigenvalue weighted by atomic mass is 10.2. The number of nitrogens with one attached hydrogen (secondary N) is 1. The van der Waals surface area contributed by atoms with Crippen molar-refractivity contribution >= 4 is 51.9 Å². The Kier molecular flexibility index (Phi) is 4.82. The SMILES string of the molecule is Cc1nn(C)c(Cl)c1/C=C/C(=O)Nc1cccc(I)c1. The molecule has 0 saturated heterocycles. The monoisotopic (exact) mass is 401 g/mol. The molecular weight excluding hydrogens is 389 g/mol. The zero-order valence-corrected chi connectivity index (χ0v) is 13.9. The number of benzene rings is 1. The molecule has 1 aromatic heterocycles. The quantitative estimate of drug-likeness (QED) is 0.630. The van der Waals surface area contributed by atoms with Crippen LogP contribution in [0, 0.1) is 10.5 Å². The summed E-state index contributed by atoms with van der Waals surface area (Å²) in [6, 6.07) is 7.60. The molecule has 6 heteroatoms. The Balaban J connectivity index is 2.10. The largest absolute Gasteiger partial charge is 0.322 e. The smallest absolute Gasteiger partial charge is 0.248 e. The lowest BCUT2D eigenvalue weighted by Crippen LogP contribution is -2.07. The third-order valence-electron chi connectivity index (χ3n) is 2.69. The predicted octanol–water partition coefficient (Wildman–Crippen LogP) is 3.64. The number of hydrogen-bond acceptors (Lipinski definition) is 2. The van der Waals surface area contributed by atoms with Gasteiger partial charge >= 0.3 is 0 Å². The molecule has 1 amide bonds. The van der Waals surface area contributed by atoms with Crippen LogP contribution in [-0.2, 0) is 11.8 Å². The zero-order chi connectivity index (χ0) is 14.7. The standard InChI is InChI=1S/C14H13ClIN3O/c1-9-12(14(15)19(2)18-9)6-7-13(20)17-11-5-3-4-10(16)8-11/h3-8H,1-2H3,(H,17,20)/b7-6+. The number of halogens is 2. The van der Waals surface area contributed by atoms with E-state index in [1.807, 2.05) is 31.2 Å². The van der Waals surface area contributed by atoms with Gasteiger partial charge in [-0.25, -0.2) is 0 Å². The summed E-state index contributed by atoms with van der Waals surface area (Å²) in [5, 5.41) is 7.50. The van der Waals surface area contributed by atoms with E-state index in [0.29, 0.717) is 5.15 Å². The van der Waals surface area contributed by atoms with E-state index in [9.17, 15) is 4.79 Å². The van der Waals surface area contributed by atoms with Gasteiger partial charge in [0.15, 0.2) is 0 Å². The summed E-state index contributed by atoms with van der Waals surface area (Å²) in [4.78, 5) is 11.9. The number of rotatable bonds is 3. The number of carbonyl (C=O) groups excluding carboxylic acids is 1. The number of aryl methyl sites for hydroxylation is 2. The number of nitrogens with zero attached hydrogens (tertiary/aromatic N) is 2. The van der Waals surface area contributed by atoms with Gasteiger partial charge in [-0.1, -0.05) is 17.7 Å². The van der Waals surface area contributed by atoms with Crippen LogP contribution in [-0.4, -0.2) is 15.7 Å². The number of aromatic nitrogens is 2. The highest BCUT2D eigenvalue weighted by atomic mass is 127. The van der Waals surface area contributed by atoms with Crippen molar-refractivity contribution in [3.63, 3.8) is 0 Å². The average Bonchev–Trinajstić information content (AvgIpc) is 2.61. The number of carbonyl (C=O) groups is 1. The molecule has 1 aromatic carbocycles. The van der Waals surface area contributed by atoms with Gasteiger partial charge in [-0.3, -0.25) is 9.48 Å². The molecule has 0 aliphatic heterocycles. The van der Waals surface area contributed by atoms with Crippen LogP contribution in [0.25, 0.3) is 6.08 Å². The molecule has 2 aromatic rings. The fraction of sp³-hybridized carbons (Fsp3) is 0.143. The Morgan fingerprint density at radius 1 is 1.50 bits per heavy atom. The van der Waals surface area contributed by atoms with E-state index < -0.39 is 0 Å². The Hall–Kier alpha value is -1.34. The molecule has 0 aliphatic rings. The highest BCUT2D eigenvalue weighted by molar-refractivity contribution is 14.1. The van der Waals surface area contributed by atoms with Crippen molar-refractivity contribution in [2.45, 2.75) is 6.92 Å². The second-order valence-corrected chi connectivity index (χ2v) is 5.85. The van der Waals surface area contributed by atoms with Gasteiger partial charge in [0.1, 0.15) is 5.15 Å². The van der Waals surface area contributed by atoms with Gasteiger partial charge in [-0.05, 0) is 53.8 Å². The molecule has 0 unspecified atom stereocenters. The third kappa shape index (κ3) is 3.61. The van der Waals surface area contributed by atoms with Gasteiger partial charge in [0, 0.05) is 27.9 Å². The lowest BCUT2D eigenvalue weighted by Gasteiger charge is -2.02. The van der Waals surface area contributed by atoms with E-state index in [-0.39, 0.29) is 5.91 Å². The van der Waals surface area contributed by atoms with Gasteiger partial charge in [0.25, 0.3) is 0 Å². The van der Waals surface area contributed by atoms with Crippen LogP contribution in [0.5, 0.6) is 0 Å². The molecule has 0 fully saturated rings. The van der Waals surface area contributed by atoms with Crippen molar-refractivity contribution in [2.24, 2.45) is 7.05 Å². The lowest BCUT2D eigenvalue weighted by molar-refractivity contribution is -0.111. The van der Waals surface area contributed by atoms with Crippen LogP contribution >= 0.6 is 34.2 Å². The summed E-state index contributed by atoms with van der Waals surface area (Å²) >= 11 is 8.29. The minimum absolute atomic E-state index is 0.202. The molecule has 0 saturated carbocycles. The van der Waals surface area contributed by atoms with Crippen LogP contribution in [0.1, 0.15) is 11.3 Å². The normalized spacial score (nSPS) is 11.0. The highest BCUT2D eigenvalue weighted by Crippen LogP contribution is 2.20. The van der Waals surface area contributed by atoms with E-state index in [0.717, 1.165) is 20.5 Å². The molecule has 1 N–H and O–H groups in total. The van der Waals surface area contributed by atoms with Crippen molar-refractivity contribution in [1.29, 1.82) is 0 Å². The average molecular weight is 402 g/mol. The van der Waals surface area contributed by atoms with Crippen LogP contribution in [0.4, 0.5) is 5.69 Å². The Labute approximate surface area is 136 Å². The molecule has 4 nitrogen and oxygen atoms in total. The van der Waals surface area contributed by atoms with Gasteiger partial charge in [-0.2, -0.15) is 5.10 Å². The van der Waals surface area contributed by atoms with Crippen molar-refractivity contribution < 1.29 is 4.79 Å². The first-order chi connectivity index (χ1) is 9.47. The Morgan fingerprint density at radius 2 is 2.25 bits per heavy atom. The molecule has 0 spiro atoms. The maximum absolute atomic E-state index is 11.9. The molecule has 1 heterocycles. The van der Waals surface area contributed by atoms with Crippen molar-refractivity contribution in [1.82, 2.24) is 9.78 Å². The first kappa shape index (κ1) is 15.1. The summed E-state index contributed by atoms with van der Waals surface area (Å²) in [5.41, 5.74) is 2.31. The molecule has 0 radical (unpaired) electrons. The van der Waals surface area contributed by atoms with Crippen molar-refractivity contribution in [3.8, 4) is 0 Å². The molecule has 20 heavy (non-hydrogen) atoms. The second kappa shape index (κ2) is 6.41. The molecule has 0 atom stereocenters. The summed E-state index contributed by atoms with van der Waals surface area (Å²) in [7, 11) is 1.76. The summed E-state index contributed by atoms with van der Waals surface area (Å²) in [5.74, 6) is -0.202. The third-order valence-corrected chi connectivity index (χ3v) is 3.81. The summed E-state index contributed by atoms with van der Waals surface area (Å²) in [6.07, 6.45) is 3.13. The van der Waals surface area contributed by atoms with E-state index >= 15 is 0 Å². The molecular formula is C14H13ClIN3O. The molecule has 104 valence electrons. The predicted molar refractivity (Wildman–Crippen MR) is 89.8 cm³/mol. The van der Waals surface area contributed by atoms with Crippen molar-refractivity contribution in [2.75, 3.05) is 5.32 Å². The second-order valence-electron chi connectivity index (χ2n) is 4.25. The van der Waals surface area contributed by atoms with E-state index in [1.165, 1.54) is 6.08 Å². The minimum Gasteiger partial charge on any atom is -0.322 e. The van der Waals surface area contributed by atoms with Gasteiger partial charge in [-0.15, -0.1) is 0 Å². The maximum Gasteiger partial charge on any atom is 0.248 e. The van der Waals surface area contributed by atoms with Crippen LogP contribution in [0.2, 0.25) is 5.15 Å². The fourth-order valence-corrected chi connectivity index (χ4v) is 2.53. The fourth-order valence-electron chi connectivity index (χ4n) is 1.74. The van der Waals surface area contributed by atoms with Crippen LogP contribution < -0.4 is 5.32 Å². The summed E-state index contributed by atoms with van der Waals surface area (Å²) in [6.45, 7) is 1.85. The molecule has 2 rings (SSSR count). The van der Waals surface area contributed by atoms with E-state index in [2.05, 4.69) is 33.0 Å². The molecule has 0 bridgehead atoms. The first-order valence-corrected chi connectivity index (χ1v) is 7.37. The van der Waals surface area contributed by atoms with Gasteiger partial charge in [0.2, 0.25) is 5.91 Å². The summed E-state index contributed by atoms with van der Waals surface area (Å²) < 4.78 is 2.64. The topological polar surface area (TPSA) is 46.9 Å².